The van der Waals surface area contributed by atoms with Crippen molar-refractivity contribution in [2.24, 2.45) is 0 Å². The molecule has 0 saturated carbocycles. The maximum atomic E-state index is 5.91. The van der Waals surface area contributed by atoms with Crippen LogP contribution < -0.4 is 15.8 Å². The van der Waals surface area contributed by atoms with E-state index < -0.39 is 0 Å². The summed E-state index contributed by atoms with van der Waals surface area (Å²) in [5, 5.41) is 7.96. The van der Waals surface area contributed by atoms with Crippen LogP contribution in [0.5, 0.6) is 5.75 Å². The van der Waals surface area contributed by atoms with Gasteiger partial charge in [-0.25, -0.2) is 0 Å². The van der Waals surface area contributed by atoms with Crippen LogP contribution in [-0.2, 0) is 0 Å². The van der Waals surface area contributed by atoms with E-state index in [1.54, 1.807) is 32.4 Å². The molecule has 0 saturated heterocycles. The van der Waals surface area contributed by atoms with Crippen molar-refractivity contribution in [3.63, 3.8) is 0 Å². The van der Waals surface area contributed by atoms with Crippen LogP contribution in [0.25, 0.3) is 11.4 Å². The van der Waals surface area contributed by atoms with Crippen molar-refractivity contribution in [2.45, 2.75) is 0 Å². The van der Waals surface area contributed by atoms with Gasteiger partial charge in [0.25, 0.3) is 0 Å². The minimum atomic E-state index is 0.200. The standard InChI is InChI=1S/C11H12ClN5OS/c1-14-11(19)17-10(13)15-9(16-17)7-4-3-6(12)5-8(7)18-2/h3-5H,1-2H3,(H,14,19)(H2,13,15,16). The van der Waals surface area contributed by atoms with Crippen LogP contribution in [0.1, 0.15) is 0 Å². The third kappa shape index (κ3) is 2.61. The van der Waals surface area contributed by atoms with E-state index in [4.69, 9.17) is 34.3 Å². The molecule has 0 radical (unpaired) electrons. The number of halogens is 1. The molecule has 1 aromatic carbocycles. The largest absolute Gasteiger partial charge is 0.496 e. The lowest BCUT2D eigenvalue weighted by molar-refractivity contribution is 0.416. The number of nitrogens with zero attached hydrogens (tertiary/aromatic N) is 3. The molecule has 0 spiro atoms. The molecule has 0 unspecified atom stereocenters. The van der Waals surface area contributed by atoms with Crippen molar-refractivity contribution >= 4 is 34.9 Å². The molecule has 0 fully saturated rings. The van der Waals surface area contributed by atoms with E-state index in [0.717, 1.165) is 0 Å². The lowest BCUT2D eigenvalue weighted by Crippen LogP contribution is -2.26. The van der Waals surface area contributed by atoms with Gasteiger partial charge in [0.2, 0.25) is 5.95 Å². The quantitative estimate of drug-likeness (QED) is 0.819. The number of aromatic nitrogens is 3. The van der Waals surface area contributed by atoms with Crippen molar-refractivity contribution < 1.29 is 4.74 Å². The highest BCUT2D eigenvalue weighted by atomic mass is 35.5. The van der Waals surface area contributed by atoms with E-state index in [-0.39, 0.29) is 5.95 Å². The lowest BCUT2D eigenvalue weighted by atomic mass is 10.2. The van der Waals surface area contributed by atoms with Gasteiger partial charge in [-0.3, -0.25) is 0 Å². The summed E-state index contributed by atoms with van der Waals surface area (Å²) >= 11 is 11.0. The molecule has 1 heterocycles. The molecule has 19 heavy (non-hydrogen) atoms. The van der Waals surface area contributed by atoms with Gasteiger partial charge in [0.15, 0.2) is 10.9 Å². The summed E-state index contributed by atoms with van der Waals surface area (Å²) in [6.07, 6.45) is 0. The molecule has 1 aromatic heterocycles. The monoisotopic (exact) mass is 297 g/mol. The van der Waals surface area contributed by atoms with Gasteiger partial charge >= 0.3 is 0 Å². The van der Waals surface area contributed by atoms with Crippen molar-refractivity contribution in [3.8, 4) is 17.1 Å². The van der Waals surface area contributed by atoms with Gasteiger partial charge in [-0.15, -0.1) is 5.10 Å². The van der Waals surface area contributed by atoms with E-state index >= 15 is 0 Å². The number of methoxy groups -OCH3 is 1. The Morgan fingerprint density at radius 3 is 2.89 bits per heavy atom. The van der Waals surface area contributed by atoms with Gasteiger partial charge in [0, 0.05) is 12.1 Å². The zero-order valence-corrected chi connectivity index (χ0v) is 11.9. The number of nitrogens with one attached hydrogen (secondary N) is 1. The SMILES string of the molecule is CNC(=S)n1nc(-c2ccc(Cl)cc2OC)nc1N. The minimum Gasteiger partial charge on any atom is -0.496 e. The third-order valence-electron chi connectivity index (χ3n) is 2.44. The number of rotatable bonds is 2. The second-order valence-electron chi connectivity index (χ2n) is 3.61. The molecule has 0 aliphatic rings. The first-order chi connectivity index (χ1) is 9.06. The van der Waals surface area contributed by atoms with Crippen molar-refractivity contribution in [1.29, 1.82) is 0 Å². The van der Waals surface area contributed by atoms with Crippen LogP contribution in [0.15, 0.2) is 18.2 Å². The Kier molecular flexibility index (Phi) is 3.87. The lowest BCUT2D eigenvalue weighted by Gasteiger charge is -2.05. The molecule has 0 amide bonds. The first kappa shape index (κ1) is 13.6. The van der Waals surface area contributed by atoms with Crippen LogP contribution >= 0.6 is 23.8 Å². The van der Waals surface area contributed by atoms with Crippen LogP contribution in [-0.4, -0.2) is 34.0 Å². The normalized spacial score (nSPS) is 10.3. The topological polar surface area (TPSA) is 78.0 Å². The maximum absolute atomic E-state index is 5.91. The highest BCUT2D eigenvalue weighted by Gasteiger charge is 2.15. The summed E-state index contributed by atoms with van der Waals surface area (Å²) in [7, 11) is 3.24. The average molecular weight is 298 g/mol. The Bertz CT molecular complexity index is 628. The second kappa shape index (κ2) is 5.41. The molecule has 100 valence electrons. The van der Waals surface area contributed by atoms with E-state index in [9.17, 15) is 0 Å². The fraction of sp³-hybridized carbons (Fsp3) is 0.182. The number of thiocarbonyl (C=S) groups is 1. The van der Waals surface area contributed by atoms with Crippen molar-refractivity contribution in [3.05, 3.63) is 23.2 Å². The molecule has 0 aliphatic carbocycles. The van der Waals surface area contributed by atoms with E-state index in [1.807, 2.05) is 0 Å². The smallest absolute Gasteiger partial charge is 0.226 e. The van der Waals surface area contributed by atoms with Crippen molar-refractivity contribution in [2.75, 3.05) is 19.9 Å². The second-order valence-corrected chi connectivity index (χ2v) is 4.43. The summed E-state index contributed by atoms with van der Waals surface area (Å²) in [5.41, 5.74) is 6.46. The van der Waals surface area contributed by atoms with E-state index in [2.05, 4.69) is 15.4 Å². The van der Waals surface area contributed by atoms with Gasteiger partial charge in [0.1, 0.15) is 5.75 Å². The molecular formula is C11H12ClN5OS. The van der Waals surface area contributed by atoms with Crippen LogP contribution in [0.4, 0.5) is 5.95 Å². The molecule has 0 bridgehead atoms. The minimum absolute atomic E-state index is 0.200. The summed E-state index contributed by atoms with van der Waals surface area (Å²) in [6, 6.07) is 5.18. The Hall–Kier alpha value is -1.86. The number of hydrogen-bond donors (Lipinski definition) is 2. The predicted molar refractivity (Wildman–Crippen MR) is 78.5 cm³/mol. The summed E-state index contributed by atoms with van der Waals surface area (Å²) in [4.78, 5) is 4.17. The average Bonchev–Trinajstić information content (AvgIpc) is 2.79. The molecule has 8 heteroatoms. The van der Waals surface area contributed by atoms with Gasteiger partial charge in [-0.05, 0) is 30.4 Å². The summed E-state index contributed by atoms with van der Waals surface area (Å²) in [6.45, 7) is 0. The highest BCUT2D eigenvalue weighted by molar-refractivity contribution is 7.80. The van der Waals surface area contributed by atoms with E-state index in [0.29, 0.717) is 27.3 Å². The fourth-order valence-electron chi connectivity index (χ4n) is 1.54. The Morgan fingerprint density at radius 2 is 2.26 bits per heavy atom. The van der Waals surface area contributed by atoms with Gasteiger partial charge in [0.05, 0.1) is 12.7 Å². The number of hydrogen-bond acceptors (Lipinski definition) is 5. The Morgan fingerprint density at radius 1 is 1.53 bits per heavy atom. The van der Waals surface area contributed by atoms with Gasteiger partial charge < -0.3 is 15.8 Å². The number of anilines is 1. The zero-order valence-electron chi connectivity index (χ0n) is 10.3. The van der Waals surface area contributed by atoms with Crippen LogP contribution in [0.2, 0.25) is 5.02 Å². The first-order valence-electron chi connectivity index (χ1n) is 5.35. The van der Waals surface area contributed by atoms with Crippen LogP contribution in [0.3, 0.4) is 0 Å². The number of benzene rings is 1. The molecule has 0 aliphatic heterocycles. The molecule has 3 N–H and O–H groups in total. The molecule has 2 rings (SSSR count). The van der Waals surface area contributed by atoms with Crippen molar-refractivity contribution in [1.82, 2.24) is 20.1 Å². The molecule has 0 atom stereocenters. The van der Waals surface area contributed by atoms with Gasteiger partial charge in [-0.2, -0.15) is 9.67 Å². The zero-order chi connectivity index (χ0) is 14.0. The Balaban J connectivity index is 2.51. The number of nitrogens with two attached hydrogens (primary N) is 1. The molecular weight excluding hydrogens is 286 g/mol. The van der Waals surface area contributed by atoms with E-state index in [1.165, 1.54) is 4.68 Å². The number of ether oxygens (including phenoxy) is 1. The summed E-state index contributed by atoms with van der Waals surface area (Å²) < 4.78 is 6.60. The number of nitrogen functional groups attached to an aromatic ring is 1. The van der Waals surface area contributed by atoms with Crippen LogP contribution in [0, 0.1) is 0 Å². The maximum Gasteiger partial charge on any atom is 0.226 e. The molecule has 2 aromatic rings. The predicted octanol–water partition coefficient (Wildman–Crippen LogP) is 1.54. The fourth-order valence-corrected chi connectivity index (χ4v) is 1.84. The molecule has 6 nitrogen and oxygen atoms in total. The highest BCUT2D eigenvalue weighted by Crippen LogP contribution is 2.30. The first-order valence-corrected chi connectivity index (χ1v) is 6.14. The Labute approximate surface area is 120 Å². The summed E-state index contributed by atoms with van der Waals surface area (Å²) in [5.74, 6) is 1.19. The van der Waals surface area contributed by atoms with Gasteiger partial charge in [-0.1, -0.05) is 11.6 Å². The third-order valence-corrected chi connectivity index (χ3v) is 3.06.